The Morgan fingerprint density at radius 2 is 1.60 bits per heavy atom. The van der Waals surface area contributed by atoms with Crippen LogP contribution in [0, 0.1) is 0 Å². The number of aromatic nitrogens is 1. The number of ether oxygens (including phenoxy) is 4. The lowest BCUT2D eigenvalue weighted by atomic mass is 10.1. The number of carbonyl (C=O) groups excluding carboxylic acids is 1. The van der Waals surface area contributed by atoms with Crippen molar-refractivity contribution in [1.82, 2.24) is 4.98 Å². The highest BCUT2D eigenvalue weighted by atomic mass is 35.5. The van der Waals surface area contributed by atoms with Crippen LogP contribution in [0.4, 0.5) is 5.69 Å². The number of nitrogens with zero attached hydrogens (tertiary/aromatic N) is 1. The van der Waals surface area contributed by atoms with E-state index in [1.54, 1.807) is 42.5 Å². The summed E-state index contributed by atoms with van der Waals surface area (Å²) in [6.45, 7) is 0. The Bertz CT molecular complexity index is 1030. The Balaban J connectivity index is 1.78. The first-order chi connectivity index (χ1) is 14.4. The molecule has 0 spiro atoms. The van der Waals surface area contributed by atoms with E-state index in [1.165, 1.54) is 27.5 Å². The number of carbonyl (C=O) groups is 1. The quantitative estimate of drug-likeness (QED) is 0.516. The van der Waals surface area contributed by atoms with Crippen molar-refractivity contribution < 1.29 is 23.7 Å². The van der Waals surface area contributed by atoms with E-state index in [0.29, 0.717) is 50.2 Å². The molecule has 9 heteroatoms. The van der Waals surface area contributed by atoms with Crippen LogP contribution in [0.3, 0.4) is 0 Å². The number of benzene rings is 2. The fraction of sp³-hybridized carbons (Fsp3) is 0.143. The molecule has 30 heavy (non-hydrogen) atoms. The highest BCUT2D eigenvalue weighted by Gasteiger charge is 2.17. The number of hydrogen-bond acceptors (Lipinski definition) is 6. The van der Waals surface area contributed by atoms with Crippen LogP contribution in [0.2, 0.25) is 10.0 Å². The van der Waals surface area contributed by atoms with Gasteiger partial charge >= 0.3 is 0 Å². The van der Waals surface area contributed by atoms with Crippen LogP contribution in [-0.2, 0) is 0 Å². The van der Waals surface area contributed by atoms with Crippen LogP contribution in [0.15, 0.2) is 48.7 Å². The molecule has 0 aliphatic carbocycles. The largest absolute Gasteiger partial charge is 0.493 e. The fourth-order valence-corrected chi connectivity index (χ4v) is 2.94. The standard InChI is InChI=1S/C21H18Cl2N2O5/c1-27-17-8-12(9-18(28-2)20(17)29-3)21(26)25-14-5-6-16(15(23)10-14)30-19-7-4-13(22)11-24-19/h4-11H,1-3H3,(H,25,26). The van der Waals surface area contributed by atoms with Gasteiger partial charge in [0, 0.05) is 23.5 Å². The fourth-order valence-electron chi connectivity index (χ4n) is 2.61. The zero-order chi connectivity index (χ0) is 21.7. The van der Waals surface area contributed by atoms with Crippen LogP contribution >= 0.6 is 23.2 Å². The smallest absolute Gasteiger partial charge is 0.255 e. The van der Waals surface area contributed by atoms with E-state index in [1.807, 2.05) is 0 Å². The highest BCUT2D eigenvalue weighted by molar-refractivity contribution is 6.32. The summed E-state index contributed by atoms with van der Waals surface area (Å²) in [4.78, 5) is 16.8. The number of pyridine rings is 1. The van der Waals surface area contributed by atoms with Gasteiger partial charge in [-0.1, -0.05) is 23.2 Å². The van der Waals surface area contributed by atoms with Crippen LogP contribution in [0.25, 0.3) is 0 Å². The molecule has 0 aliphatic rings. The Kier molecular flexibility index (Phi) is 6.87. The summed E-state index contributed by atoms with van der Waals surface area (Å²) in [7, 11) is 4.45. The van der Waals surface area contributed by atoms with E-state index in [9.17, 15) is 4.79 Å². The molecule has 1 amide bonds. The molecular weight excluding hydrogens is 431 g/mol. The summed E-state index contributed by atoms with van der Waals surface area (Å²) in [5.41, 5.74) is 0.807. The van der Waals surface area contributed by atoms with Crippen molar-refractivity contribution >= 4 is 34.8 Å². The van der Waals surface area contributed by atoms with Crippen LogP contribution in [0.1, 0.15) is 10.4 Å². The van der Waals surface area contributed by atoms with Gasteiger partial charge in [0.1, 0.15) is 5.75 Å². The van der Waals surface area contributed by atoms with Crippen LogP contribution < -0.4 is 24.3 Å². The Morgan fingerprint density at radius 3 is 2.13 bits per heavy atom. The lowest BCUT2D eigenvalue weighted by Gasteiger charge is -2.14. The lowest BCUT2D eigenvalue weighted by Crippen LogP contribution is -2.12. The molecule has 2 aromatic carbocycles. The molecule has 1 N–H and O–H groups in total. The van der Waals surface area contributed by atoms with E-state index >= 15 is 0 Å². The number of halogens is 2. The van der Waals surface area contributed by atoms with Crippen molar-refractivity contribution in [3.05, 3.63) is 64.3 Å². The summed E-state index contributed by atoms with van der Waals surface area (Å²) in [6, 6.07) is 11.3. The van der Waals surface area contributed by atoms with Gasteiger partial charge in [-0.2, -0.15) is 0 Å². The monoisotopic (exact) mass is 448 g/mol. The third-order valence-electron chi connectivity index (χ3n) is 4.03. The first-order valence-electron chi connectivity index (χ1n) is 8.65. The maximum absolute atomic E-state index is 12.7. The van der Waals surface area contributed by atoms with E-state index < -0.39 is 0 Å². The predicted octanol–water partition coefficient (Wildman–Crippen LogP) is 5.46. The third kappa shape index (κ3) is 4.87. The zero-order valence-corrected chi connectivity index (χ0v) is 17.9. The summed E-state index contributed by atoms with van der Waals surface area (Å²) < 4.78 is 21.5. The highest BCUT2D eigenvalue weighted by Crippen LogP contribution is 2.38. The van der Waals surface area contributed by atoms with Crippen LogP contribution in [-0.4, -0.2) is 32.2 Å². The second-order valence-electron chi connectivity index (χ2n) is 5.93. The Labute approximate surface area is 183 Å². The molecule has 0 radical (unpaired) electrons. The molecule has 0 bridgehead atoms. The van der Waals surface area contributed by atoms with Gasteiger partial charge in [0.15, 0.2) is 11.5 Å². The van der Waals surface area contributed by atoms with Gasteiger partial charge in [-0.05, 0) is 36.4 Å². The number of hydrogen-bond donors (Lipinski definition) is 1. The summed E-state index contributed by atoms with van der Waals surface area (Å²) in [6.07, 6.45) is 1.47. The molecule has 0 fully saturated rings. The summed E-state index contributed by atoms with van der Waals surface area (Å²) >= 11 is 12.1. The molecule has 1 heterocycles. The Hall–Kier alpha value is -3.16. The molecule has 0 atom stereocenters. The van der Waals surface area contributed by atoms with Crippen LogP contribution in [0.5, 0.6) is 28.9 Å². The molecule has 0 unspecified atom stereocenters. The predicted molar refractivity (Wildman–Crippen MR) is 115 cm³/mol. The molecule has 3 aromatic rings. The van der Waals surface area contributed by atoms with Crippen molar-refractivity contribution in [2.45, 2.75) is 0 Å². The molecule has 7 nitrogen and oxygen atoms in total. The maximum atomic E-state index is 12.7. The van der Waals surface area contributed by atoms with Gasteiger partial charge in [-0.25, -0.2) is 4.98 Å². The van der Waals surface area contributed by atoms with Gasteiger partial charge in [0.25, 0.3) is 5.91 Å². The zero-order valence-electron chi connectivity index (χ0n) is 16.4. The van der Waals surface area contributed by atoms with Gasteiger partial charge in [-0.15, -0.1) is 0 Å². The van der Waals surface area contributed by atoms with Gasteiger partial charge in [0.05, 0.1) is 31.4 Å². The summed E-state index contributed by atoms with van der Waals surface area (Å²) in [5, 5.41) is 3.57. The van der Waals surface area contributed by atoms with Gasteiger partial charge in [0.2, 0.25) is 11.6 Å². The lowest BCUT2D eigenvalue weighted by molar-refractivity contribution is 0.102. The van der Waals surface area contributed by atoms with Crippen molar-refractivity contribution in [3.63, 3.8) is 0 Å². The van der Waals surface area contributed by atoms with Crippen molar-refractivity contribution in [1.29, 1.82) is 0 Å². The number of nitrogens with one attached hydrogen (secondary N) is 1. The van der Waals surface area contributed by atoms with Gasteiger partial charge < -0.3 is 24.3 Å². The molecule has 1 aromatic heterocycles. The average molecular weight is 449 g/mol. The number of rotatable bonds is 7. The molecule has 0 aliphatic heterocycles. The average Bonchev–Trinajstić information content (AvgIpc) is 2.75. The number of anilines is 1. The molecule has 156 valence electrons. The van der Waals surface area contributed by atoms with E-state index in [4.69, 9.17) is 42.1 Å². The minimum Gasteiger partial charge on any atom is -0.493 e. The van der Waals surface area contributed by atoms with E-state index in [-0.39, 0.29) is 5.91 Å². The minimum absolute atomic E-state index is 0.300. The topological polar surface area (TPSA) is 78.9 Å². The second-order valence-corrected chi connectivity index (χ2v) is 6.77. The Morgan fingerprint density at radius 1 is 0.900 bits per heavy atom. The maximum Gasteiger partial charge on any atom is 0.255 e. The SMILES string of the molecule is COc1cc(C(=O)Nc2ccc(Oc3ccc(Cl)cn3)c(Cl)c2)cc(OC)c1OC. The molecule has 0 saturated carbocycles. The van der Waals surface area contributed by atoms with Crippen molar-refractivity contribution in [3.8, 4) is 28.9 Å². The summed E-state index contributed by atoms with van der Waals surface area (Å²) in [5.74, 6) is 1.50. The molecule has 0 saturated heterocycles. The van der Waals surface area contributed by atoms with Gasteiger partial charge in [-0.3, -0.25) is 4.79 Å². The first-order valence-corrected chi connectivity index (χ1v) is 9.41. The van der Waals surface area contributed by atoms with Crippen molar-refractivity contribution in [2.75, 3.05) is 26.6 Å². The first kappa shape index (κ1) is 21.5. The third-order valence-corrected chi connectivity index (χ3v) is 4.55. The number of amides is 1. The second kappa shape index (κ2) is 9.56. The number of methoxy groups -OCH3 is 3. The minimum atomic E-state index is -0.377. The van der Waals surface area contributed by atoms with E-state index in [0.717, 1.165) is 0 Å². The molecule has 3 rings (SSSR count). The molecular formula is C21H18Cl2N2O5. The normalized spacial score (nSPS) is 10.3. The van der Waals surface area contributed by atoms with E-state index in [2.05, 4.69) is 10.3 Å². The van der Waals surface area contributed by atoms with Crippen molar-refractivity contribution in [2.24, 2.45) is 0 Å².